The van der Waals surface area contributed by atoms with Crippen LogP contribution in [0.25, 0.3) is 11.0 Å². The number of benzene rings is 2. The van der Waals surface area contributed by atoms with Crippen molar-refractivity contribution in [3.05, 3.63) is 53.9 Å². The number of carbonyl (C=O) groups excluding carboxylic acids is 1. The molecular weight excluding hydrogens is 330 g/mol. The highest BCUT2D eigenvalue weighted by atomic mass is 16.5. The number of hydrogen-bond donors (Lipinski definition) is 1. The molecule has 0 saturated heterocycles. The number of aromatic nitrogens is 2. The molecule has 0 aliphatic heterocycles. The number of imidazole rings is 1. The van der Waals surface area contributed by atoms with Gasteiger partial charge in [0.25, 0.3) is 5.91 Å². The summed E-state index contributed by atoms with van der Waals surface area (Å²) < 4.78 is 10.6. The van der Waals surface area contributed by atoms with Gasteiger partial charge in [0.05, 0.1) is 31.6 Å². The predicted molar refractivity (Wildman–Crippen MR) is 101 cm³/mol. The van der Waals surface area contributed by atoms with Crippen molar-refractivity contribution < 1.29 is 14.3 Å². The summed E-state index contributed by atoms with van der Waals surface area (Å²) in [7, 11) is 5.08. The Morgan fingerprint density at radius 2 is 1.92 bits per heavy atom. The zero-order valence-electron chi connectivity index (χ0n) is 15.3. The summed E-state index contributed by atoms with van der Waals surface area (Å²) >= 11 is 0. The summed E-state index contributed by atoms with van der Waals surface area (Å²) in [6, 6.07) is 11.4. The van der Waals surface area contributed by atoms with Crippen molar-refractivity contribution in [2.75, 3.05) is 27.8 Å². The van der Waals surface area contributed by atoms with Crippen LogP contribution < -0.4 is 9.47 Å². The number of rotatable bonds is 7. The molecule has 6 nitrogen and oxygen atoms in total. The van der Waals surface area contributed by atoms with E-state index >= 15 is 0 Å². The van der Waals surface area contributed by atoms with Crippen LogP contribution in [0.3, 0.4) is 0 Å². The van der Waals surface area contributed by atoms with Gasteiger partial charge in [0.2, 0.25) is 0 Å². The van der Waals surface area contributed by atoms with Crippen molar-refractivity contribution in [2.45, 2.75) is 12.8 Å². The van der Waals surface area contributed by atoms with Crippen LogP contribution in [0.4, 0.5) is 0 Å². The van der Waals surface area contributed by atoms with E-state index in [-0.39, 0.29) is 5.91 Å². The lowest BCUT2D eigenvalue weighted by atomic mass is 10.1. The Morgan fingerprint density at radius 1 is 1.12 bits per heavy atom. The van der Waals surface area contributed by atoms with E-state index in [1.165, 1.54) is 0 Å². The van der Waals surface area contributed by atoms with Crippen molar-refractivity contribution in [2.24, 2.45) is 0 Å². The number of nitrogens with zero attached hydrogens (tertiary/aromatic N) is 2. The molecule has 6 heteroatoms. The largest absolute Gasteiger partial charge is 0.493 e. The monoisotopic (exact) mass is 353 g/mol. The highest BCUT2D eigenvalue weighted by molar-refractivity contribution is 5.97. The van der Waals surface area contributed by atoms with Crippen LogP contribution in [0.1, 0.15) is 22.3 Å². The van der Waals surface area contributed by atoms with Gasteiger partial charge in [0.1, 0.15) is 0 Å². The number of hydrogen-bond acceptors (Lipinski definition) is 4. The third-order valence-corrected chi connectivity index (χ3v) is 4.42. The van der Waals surface area contributed by atoms with Crippen molar-refractivity contribution in [3.63, 3.8) is 0 Å². The maximum atomic E-state index is 12.6. The Balaban J connectivity index is 1.58. The molecule has 0 radical (unpaired) electrons. The van der Waals surface area contributed by atoms with Crippen LogP contribution in [-0.4, -0.2) is 48.6 Å². The van der Waals surface area contributed by atoms with E-state index in [0.717, 1.165) is 40.9 Å². The van der Waals surface area contributed by atoms with Crippen molar-refractivity contribution in [1.29, 1.82) is 0 Å². The number of amides is 1. The molecule has 1 amide bonds. The van der Waals surface area contributed by atoms with E-state index in [1.807, 2.05) is 43.4 Å². The van der Waals surface area contributed by atoms with Gasteiger partial charge < -0.3 is 19.4 Å². The Bertz CT molecular complexity index is 904. The fourth-order valence-corrected chi connectivity index (χ4v) is 2.95. The lowest BCUT2D eigenvalue weighted by molar-refractivity contribution is 0.0793. The molecule has 1 N–H and O–H groups in total. The molecule has 1 heterocycles. The van der Waals surface area contributed by atoms with Gasteiger partial charge in [-0.15, -0.1) is 0 Å². The molecular formula is C20H23N3O3. The fourth-order valence-electron chi connectivity index (χ4n) is 2.95. The Hall–Kier alpha value is -3.02. The van der Waals surface area contributed by atoms with Crippen molar-refractivity contribution >= 4 is 16.9 Å². The number of ether oxygens (including phenoxy) is 2. The van der Waals surface area contributed by atoms with Gasteiger partial charge in [-0.1, -0.05) is 6.07 Å². The molecule has 0 atom stereocenters. The lowest BCUT2D eigenvalue weighted by Crippen LogP contribution is -2.28. The van der Waals surface area contributed by atoms with Gasteiger partial charge in [0, 0.05) is 19.2 Å². The topological polar surface area (TPSA) is 67.5 Å². The van der Waals surface area contributed by atoms with E-state index in [1.54, 1.807) is 25.4 Å². The summed E-state index contributed by atoms with van der Waals surface area (Å²) in [5.41, 5.74) is 3.55. The molecule has 26 heavy (non-hydrogen) atoms. The summed E-state index contributed by atoms with van der Waals surface area (Å²) in [6.07, 6.45) is 3.35. The molecule has 0 spiro atoms. The lowest BCUT2D eigenvalue weighted by Gasteiger charge is -2.17. The molecule has 0 bridgehead atoms. The highest BCUT2D eigenvalue weighted by Gasteiger charge is 2.13. The zero-order valence-corrected chi connectivity index (χ0v) is 15.3. The van der Waals surface area contributed by atoms with E-state index < -0.39 is 0 Å². The minimum absolute atomic E-state index is 0.00816. The maximum absolute atomic E-state index is 12.6. The van der Waals surface area contributed by atoms with Gasteiger partial charge >= 0.3 is 0 Å². The van der Waals surface area contributed by atoms with Crippen molar-refractivity contribution in [3.8, 4) is 11.5 Å². The highest BCUT2D eigenvalue weighted by Crippen LogP contribution is 2.28. The number of fused-ring (bicyclic) bond motifs is 1. The van der Waals surface area contributed by atoms with Crippen LogP contribution in [0.5, 0.6) is 11.5 Å². The Kier molecular flexibility index (Phi) is 5.41. The van der Waals surface area contributed by atoms with Crippen LogP contribution >= 0.6 is 0 Å². The normalized spacial score (nSPS) is 10.7. The first kappa shape index (κ1) is 17.8. The van der Waals surface area contributed by atoms with Gasteiger partial charge in [-0.05, 0) is 48.7 Å². The standard InChI is InChI=1S/C20H23N3O3/c1-23(20(24)15-7-8-16-17(12-15)22-13-21-16)10-4-5-14-6-9-18(25-2)19(11-14)26-3/h6-9,11-13H,4-5,10H2,1-3H3,(H,21,22). The molecule has 0 unspecified atom stereocenters. The molecule has 0 saturated carbocycles. The van der Waals surface area contributed by atoms with E-state index in [9.17, 15) is 4.79 Å². The molecule has 2 aromatic carbocycles. The smallest absolute Gasteiger partial charge is 0.253 e. The first-order valence-electron chi connectivity index (χ1n) is 8.52. The van der Waals surface area contributed by atoms with Crippen LogP contribution in [0.2, 0.25) is 0 Å². The number of nitrogens with one attached hydrogen (secondary N) is 1. The third kappa shape index (κ3) is 3.79. The molecule has 1 aromatic heterocycles. The van der Waals surface area contributed by atoms with Gasteiger partial charge in [-0.25, -0.2) is 4.98 Å². The number of aryl methyl sites for hydroxylation is 1. The van der Waals surface area contributed by atoms with Crippen LogP contribution in [0.15, 0.2) is 42.7 Å². The Morgan fingerprint density at radius 3 is 2.69 bits per heavy atom. The molecule has 3 aromatic rings. The number of aromatic amines is 1. The fraction of sp³-hybridized carbons (Fsp3) is 0.300. The average Bonchev–Trinajstić information content (AvgIpc) is 3.14. The second-order valence-corrected chi connectivity index (χ2v) is 6.15. The molecule has 0 aliphatic carbocycles. The van der Waals surface area contributed by atoms with Gasteiger partial charge in [-0.3, -0.25) is 4.79 Å². The minimum atomic E-state index is 0.00816. The van der Waals surface area contributed by atoms with Gasteiger partial charge in [0.15, 0.2) is 11.5 Å². The summed E-state index contributed by atoms with van der Waals surface area (Å²) in [4.78, 5) is 21.5. The third-order valence-electron chi connectivity index (χ3n) is 4.42. The summed E-state index contributed by atoms with van der Waals surface area (Å²) in [5.74, 6) is 1.45. The minimum Gasteiger partial charge on any atom is -0.493 e. The molecule has 3 rings (SSSR count). The van der Waals surface area contributed by atoms with E-state index in [2.05, 4.69) is 9.97 Å². The number of methoxy groups -OCH3 is 2. The first-order valence-corrected chi connectivity index (χ1v) is 8.52. The van der Waals surface area contributed by atoms with E-state index in [0.29, 0.717) is 12.1 Å². The first-order chi connectivity index (χ1) is 12.6. The van der Waals surface area contributed by atoms with Gasteiger partial charge in [-0.2, -0.15) is 0 Å². The molecule has 136 valence electrons. The predicted octanol–water partition coefficient (Wildman–Crippen LogP) is 3.28. The van der Waals surface area contributed by atoms with E-state index in [4.69, 9.17) is 9.47 Å². The second-order valence-electron chi connectivity index (χ2n) is 6.15. The average molecular weight is 353 g/mol. The SMILES string of the molecule is COc1ccc(CCCN(C)C(=O)c2ccc3nc[nH]c3c2)cc1OC. The van der Waals surface area contributed by atoms with Crippen LogP contribution in [0, 0.1) is 0 Å². The molecule has 0 aliphatic rings. The summed E-state index contributed by atoms with van der Waals surface area (Å²) in [5, 5.41) is 0. The zero-order chi connectivity index (χ0) is 18.5. The second kappa shape index (κ2) is 7.91. The Labute approximate surface area is 152 Å². The quantitative estimate of drug-likeness (QED) is 0.708. The summed E-state index contributed by atoms with van der Waals surface area (Å²) in [6.45, 7) is 0.675. The number of H-pyrrole nitrogens is 1. The van der Waals surface area contributed by atoms with Crippen molar-refractivity contribution in [1.82, 2.24) is 14.9 Å². The number of carbonyl (C=O) groups is 1. The maximum Gasteiger partial charge on any atom is 0.253 e. The molecule has 0 fully saturated rings. The van der Waals surface area contributed by atoms with Crippen LogP contribution in [-0.2, 0) is 6.42 Å².